The first kappa shape index (κ1) is 20.5. The Balaban J connectivity index is 1.56. The molecule has 1 heterocycles. The third-order valence-electron chi connectivity index (χ3n) is 4.58. The van der Waals surface area contributed by atoms with Crippen LogP contribution in [0.4, 0.5) is 5.69 Å². The van der Waals surface area contributed by atoms with Gasteiger partial charge in [0.25, 0.3) is 5.91 Å². The molecule has 152 valence electrons. The number of morpholine rings is 1. The average molecular weight is 396 g/mol. The molecule has 29 heavy (non-hydrogen) atoms. The first-order valence-electron chi connectivity index (χ1n) is 9.38. The van der Waals surface area contributed by atoms with Crippen molar-refractivity contribution >= 4 is 23.8 Å². The molecule has 1 aliphatic rings. The van der Waals surface area contributed by atoms with Gasteiger partial charge in [0, 0.05) is 19.3 Å². The topological polar surface area (TPSA) is 77.4 Å². The van der Waals surface area contributed by atoms with Crippen LogP contribution < -0.4 is 4.74 Å². The van der Waals surface area contributed by atoms with E-state index in [-0.39, 0.29) is 18.5 Å². The van der Waals surface area contributed by atoms with Gasteiger partial charge in [-0.1, -0.05) is 0 Å². The molecule has 0 unspecified atom stereocenters. The molecular weight excluding hydrogens is 372 g/mol. The highest BCUT2D eigenvalue weighted by Gasteiger charge is 2.17. The molecular formula is C22H24N2O5. The number of aryl methyl sites for hydroxylation is 1. The minimum Gasteiger partial charge on any atom is -0.484 e. The van der Waals surface area contributed by atoms with E-state index in [0.29, 0.717) is 37.6 Å². The maximum atomic E-state index is 12.1. The first-order valence-corrected chi connectivity index (χ1v) is 9.38. The molecule has 0 aromatic heterocycles. The van der Waals surface area contributed by atoms with Crippen LogP contribution >= 0.6 is 0 Å². The van der Waals surface area contributed by atoms with Gasteiger partial charge in [-0.15, -0.1) is 0 Å². The van der Waals surface area contributed by atoms with Crippen molar-refractivity contribution in [3.05, 3.63) is 59.2 Å². The zero-order valence-electron chi connectivity index (χ0n) is 16.6. The van der Waals surface area contributed by atoms with E-state index in [1.165, 1.54) is 7.11 Å². The van der Waals surface area contributed by atoms with Crippen LogP contribution in [-0.2, 0) is 14.3 Å². The smallest absolute Gasteiger partial charge is 0.337 e. The summed E-state index contributed by atoms with van der Waals surface area (Å²) in [5, 5.41) is 0. The number of nitrogens with zero attached hydrogens (tertiary/aromatic N) is 2. The van der Waals surface area contributed by atoms with Gasteiger partial charge in [0.2, 0.25) is 0 Å². The summed E-state index contributed by atoms with van der Waals surface area (Å²) in [4.78, 5) is 29.9. The molecule has 1 saturated heterocycles. The van der Waals surface area contributed by atoms with Crippen LogP contribution in [-0.4, -0.2) is 63.0 Å². The van der Waals surface area contributed by atoms with Gasteiger partial charge in [-0.05, 0) is 60.5 Å². The van der Waals surface area contributed by atoms with E-state index in [9.17, 15) is 9.59 Å². The Morgan fingerprint density at radius 1 is 1.14 bits per heavy atom. The number of amides is 1. The van der Waals surface area contributed by atoms with Gasteiger partial charge in [0.1, 0.15) is 5.75 Å². The summed E-state index contributed by atoms with van der Waals surface area (Å²) in [6.45, 7) is 4.27. The van der Waals surface area contributed by atoms with E-state index in [0.717, 1.165) is 16.8 Å². The van der Waals surface area contributed by atoms with Crippen LogP contribution in [0.2, 0.25) is 0 Å². The fraction of sp³-hybridized carbons (Fsp3) is 0.318. The molecule has 0 atom stereocenters. The number of aliphatic imine (C=N–C) groups is 1. The van der Waals surface area contributed by atoms with Crippen LogP contribution in [0.1, 0.15) is 21.5 Å². The number of rotatable bonds is 6. The largest absolute Gasteiger partial charge is 0.484 e. The van der Waals surface area contributed by atoms with Crippen LogP contribution in [0.15, 0.2) is 47.5 Å². The number of benzene rings is 2. The van der Waals surface area contributed by atoms with Gasteiger partial charge >= 0.3 is 5.97 Å². The van der Waals surface area contributed by atoms with Gasteiger partial charge in [-0.25, -0.2) is 4.79 Å². The maximum absolute atomic E-state index is 12.1. The summed E-state index contributed by atoms with van der Waals surface area (Å²) < 4.78 is 15.5. The Hall–Kier alpha value is -3.19. The van der Waals surface area contributed by atoms with Crippen molar-refractivity contribution in [3.8, 4) is 5.75 Å². The van der Waals surface area contributed by atoms with Crippen LogP contribution in [0.3, 0.4) is 0 Å². The van der Waals surface area contributed by atoms with Crippen molar-refractivity contribution in [2.24, 2.45) is 4.99 Å². The van der Waals surface area contributed by atoms with Gasteiger partial charge in [0.15, 0.2) is 6.61 Å². The normalized spacial score (nSPS) is 14.1. The summed E-state index contributed by atoms with van der Waals surface area (Å²) in [5.41, 5.74) is 3.05. The lowest BCUT2D eigenvalue weighted by Gasteiger charge is -2.26. The van der Waals surface area contributed by atoms with Crippen LogP contribution in [0.5, 0.6) is 5.75 Å². The van der Waals surface area contributed by atoms with Crippen molar-refractivity contribution in [1.82, 2.24) is 4.90 Å². The quantitative estimate of drug-likeness (QED) is 0.554. The van der Waals surface area contributed by atoms with Gasteiger partial charge in [-0.2, -0.15) is 0 Å². The average Bonchev–Trinajstić information content (AvgIpc) is 2.77. The van der Waals surface area contributed by atoms with Gasteiger partial charge < -0.3 is 19.1 Å². The number of methoxy groups -OCH3 is 1. The third kappa shape index (κ3) is 5.65. The second-order valence-electron chi connectivity index (χ2n) is 6.60. The molecule has 7 nitrogen and oxygen atoms in total. The summed E-state index contributed by atoms with van der Waals surface area (Å²) in [5.74, 6) is 0.221. The Morgan fingerprint density at radius 3 is 2.52 bits per heavy atom. The third-order valence-corrected chi connectivity index (χ3v) is 4.58. The minimum atomic E-state index is -0.369. The lowest BCUT2D eigenvalue weighted by Crippen LogP contribution is -2.42. The SMILES string of the molecule is COC(=O)c1ccc(N=Cc2ccc(OCC(=O)N3CCOCC3)cc2)c(C)c1. The molecule has 0 saturated carbocycles. The molecule has 2 aromatic carbocycles. The molecule has 0 radical (unpaired) electrons. The van der Waals surface area contributed by atoms with E-state index < -0.39 is 0 Å². The molecule has 2 aromatic rings. The monoisotopic (exact) mass is 396 g/mol. The molecule has 3 rings (SSSR count). The predicted molar refractivity (Wildman–Crippen MR) is 109 cm³/mol. The van der Waals surface area contributed by atoms with Crippen molar-refractivity contribution in [1.29, 1.82) is 0 Å². The zero-order chi connectivity index (χ0) is 20.6. The summed E-state index contributed by atoms with van der Waals surface area (Å²) in [7, 11) is 1.36. The number of carbonyl (C=O) groups excluding carboxylic acids is 2. The highest BCUT2D eigenvalue weighted by Crippen LogP contribution is 2.20. The molecule has 0 bridgehead atoms. The number of hydrogen-bond donors (Lipinski definition) is 0. The number of hydrogen-bond acceptors (Lipinski definition) is 6. The van der Waals surface area contributed by atoms with E-state index in [4.69, 9.17) is 14.2 Å². The zero-order valence-corrected chi connectivity index (χ0v) is 16.6. The van der Waals surface area contributed by atoms with E-state index in [1.807, 2.05) is 19.1 Å². The van der Waals surface area contributed by atoms with Crippen molar-refractivity contribution in [3.63, 3.8) is 0 Å². The second-order valence-corrected chi connectivity index (χ2v) is 6.60. The Morgan fingerprint density at radius 2 is 1.86 bits per heavy atom. The van der Waals surface area contributed by atoms with E-state index in [1.54, 1.807) is 41.4 Å². The maximum Gasteiger partial charge on any atom is 0.337 e. The van der Waals surface area contributed by atoms with Crippen molar-refractivity contribution < 1.29 is 23.8 Å². The van der Waals surface area contributed by atoms with Gasteiger partial charge in [0.05, 0.1) is 31.6 Å². The second kappa shape index (κ2) is 9.84. The molecule has 1 aliphatic heterocycles. The standard InChI is InChI=1S/C22H24N2O5/c1-16-13-18(22(26)27-2)5-8-20(16)23-14-17-3-6-19(7-4-17)29-15-21(25)24-9-11-28-12-10-24/h3-8,13-14H,9-12,15H2,1-2H3. The fourth-order valence-corrected chi connectivity index (χ4v) is 2.89. The highest BCUT2D eigenvalue weighted by atomic mass is 16.5. The summed E-state index contributed by atoms with van der Waals surface area (Å²) >= 11 is 0. The van der Waals surface area contributed by atoms with Crippen LogP contribution in [0.25, 0.3) is 0 Å². The van der Waals surface area contributed by atoms with Crippen LogP contribution in [0, 0.1) is 6.92 Å². The molecule has 1 amide bonds. The number of carbonyl (C=O) groups is 2. The Kier molecular flexibility index (Phi) is 6.97. The number of esters is 1. The minimum absolute atomic E-state index is 0.0131. The van der Waals surface area contributed by atoms with E-state index >= 15 is 0 Å². The predicted octanol–water partition coefficient (Wildman–Crippen LogP) is 2.77. The van der Waals surface area contributed by atoms with Gasteiger partial charge in [-0.3, -0.25) is 9.79 Å². The highest BCUT2D eigenvalue weighted by molar-refractivity contribution is 5.90. The Bertz CT molecular complexity index is 887. The lowest BCUT2D eigenvalue weighted by atomic mass is 10.1. The molecule has 0 aliphatic carbocycles. The number of ether oxygens (including phenoxy) is 3. The molecule has 1 fully saturated rings. The molecule has 0 N–H and O–H groups in total. The molecule has 7 heteroatoms. The molecule has 0 spiro atoms. The summed E-state index contributed by atoms with van der Waals surface area (Å²) in [6, 6.07) is 12.6. The lowest BCUT2D eigenvalue weighted by molar-refractivity contribution is -0.137. The fourth-order valence-electron chi connectivity index (χ4n) is 2.89. The van der Waals surface area contributed by atoms with Crippen molar-refractivity contribution in [2.45, 2.75) is 6.92 Å². The van der Waals surface area contributed by atoms with E-state index in [2.05, 4.69) is 4.99 Å². The van der Waals surface area contributed by atoms with Crippen molar-refractivity contribution in [2.75, 3.05) is 40.0 Å². The first-order chi connectivity index (χ1) is 14.1. The Labute approximate surface area is 169 Å². The summed E-state index contributed by atoms with van der Waals surface area (Å²) in [6.07, 6.45) is 1.74.